The lowest BCUT2D eigenvalue weighted by molar-refractivity contribution is -0.166. The lowest BCUT2D eigenvalue weighted by atomic mass is 10.2. The van der Waals surface area contributed by atoms with Crippen molar-refractivity contribution in [2.24, 2.45) is 0 Å². The van der Waals surface area contributed by atoms with Crippen LogP contribution < -0.4 is 0 Å². The Morgan fingerprint density at radius 3 is 2.60 bits per heavy atom. The molecule has 0 aromatic rings. The highest BCUT2D eigenvalue weighted by Crippen LogP contribution is 2.38. The summed E-state index contributed by atoms with van der Waals surface area (Å²) in [6.07, 6.45) is -0.283. The largest absolute Gasteiger partial charge is 0.394 e. The summed E-state index contributed by atoms with van der Waals surface area (Å²) in [4.78, 5) is 0. The summed E-state index contributed by atoms with van der Waals surface area (Å²) in [5, 5.41) is 8.72. The first-order chi connectivity index (χ1) is 4.86. The molecule has 0 aromatic heterocycles. The fraction of sp³-hybridized carbons (Fsp3) is 1.00. The van der Waals surface area contributed by atoms with Crippen LogP contribution in [0.1, 0.15) is 0 Å². The van der Waals surface area contributed by atoms with E-state index in [-0.39, 0.29) is 31.2 Å². The van der Waals surface area contributed by atoms with Crippen LogP contribution in [-0.4, -0.2) is 43.4 Å². The van der Waals surface area contributed by atoms with E-state index in [1.54, 1.807) is 7.11 Å². The van der Waals surface area contributed by atoms with E-state index in [0.717, 1.165) is 0 Å². The van der Waals surface area contributed by atoms with Gasteiger partial charge in [-0.25, -0.2) is 0 Å². The molecule has 0 saturated carbocycles. The molecule has 4 heteroatoms. The van der Waals surface area contributed by atoms with E-state index < -0.39 is 0 Å². The number of hydrogen-bond acceptors (Lipinski definition) is 4. The summed E-state index contributed by atoms with van der Waals surface area (Å²) < 4.78 is 15.3. The van der Waals surface area contributed by atoms with Crippen LogP contribution in [0, 0.1) is 0 Å². The minimum atomic E-state index is -0.262. The molecule has 4 atom stereocenters. The summed E-state index contributed by atoms with van der Waals surface area (Å²) in [7, 11) is 1.57. The molecular formula is C6H10O4. The number of aliphatic hydroxyl groups excluding tert-OH is 1. The molecule has 0 spiro atoms. The standard InChI is InChI=1S/C6H10O4/c1-8-6-5-4(10-5)3(2-7)9-6/h3-7H,2H2,1H3/t3-,4-,5+,6-/m0/s1. The third-order valence-corrected chi connectivity index (χ3v) is 1.92. The second kappa shape index (κ2) is 2.17. The van der Waals surface area contributed by atoms with E-state index in [2.05, 4.69) is 0 Å². The van der Waals surface area contributed by atoms with Crippen molar-refractivity contribution < 1.29 is 19.3 Å². The van der Waals surface area contributed by atoms with Gasteiger partial charge >= 0.3 is 0 Å². The van der Waals surface area contributed by atoms with Crippen molar-refractivity contribution in [3.8, 4) is 0 Å². The second-order valence-electron chi connectivity index (χ2n) is 2.53. The van der Waals surface area contributed by atoms with Crippen molar-refractivity contribution in [2.45, 2.75) is 24.6 Å². The maximum atomic E-state index is 8.72. The minimum absolute atomic E-state index is 0.0149. The molecule has 0 amide bonds. The fourth-order valence-electron chi connectivity index (χ4n) is 1.32. The van der Waals surface area contributed by atoms with Gasteiger partial charge in [-0.05, 0) is 0 Å². The van der Waals surface area contributed by atoms with Crippen molar-refractivity contribution in [2.75, 3.05) is 13.7 Å². The number of epoxide rings is 1. The van der Waals surface area contributed by atoms with Gasteiger partial charge in [0, 0.05) is 7.11 Å². The quantitative estimate of drug-likeness (QED) is 0.514. The maximum Gasteiger partial charge on any atom is 0.186 e. The van der Waals surface area contributed by atoms with Gasteiger partial charge in [-0.2, -0.15) is 0 Å². The SMILES string of the molecule is CO[C@H]1O[C@@H](CO)[C@@H]2O[C@@H]12. The Balaban J connectivity index is 1.95. The molecule has 4 nitrogen and oxygen atoms in total. The molecule has 0 radical (unpaired) electrons. The number of methoxy groups -OCH3 is 1. The molecule has 0 aliphatic carbocycles. The smallest absolute Gasteiger partial charge is 0.186 e. The zero-order valence-corrected chi connectivity index (χ0v) is 5.69. The predicted octanol–water partition coefficient (Wildman–Crippen LogP) is -0.883. The molecule has 2 heterocycles. The summed E-state index contributed by atoms with van der Waals surface area (Å²) >= 11 is 0. The first-order valence-electron chi connectivity index (χ1n) is 3.31. The van der Waals surface area contributed by atoms with Crippen molar-refractivity contribution in [3.05, 3.63) is 0 Å². The molecule has 0 aromatic carbocycles. The van der Waals surface area contributed by atoms with Crippen LogP contribution in [0.5, 0.6) is 0 Å². The Hall–Kier alpha value is -0.160. The number of aliphatic hydroxyl groups is 1. The average molecular weight is 146 g/mol. The van der Waals surface area contributed by atoms with Gasteiger partial charge in [-0.3, -0.25) is 0 Å². The molecule has 2 aliphatic rings. The predicted molar refractivity (Wildman–Crippen MR) is 31.4 cm³/mol. The van der Waals surface area contributed by atoms with Crippen LogP contribution in [0.25, 0.3) is 0 Å². The van der Waals surface area contributed by atoms with E-state index in [0.29, 0.717) is 0 Å². The Morgan fingerprint density at radius 2 is 2.20 bits per heavy atom. The van der Waals surface area contributed by atoms with Crippen LogP contribution in [0.3, 0.4) is 0 Å². The van der Waals surface area contributed by atoms with E-state index in [1.165, 1.54) is 0 Å². The third kappa shape index (κ3) is 0.769. The maximum absolute atomic E-state index is 8.72. The van der Waals surface area contributed by atoms with E-state index in [1.807, 2.05) is 0 Å². The minimum Gasteiger partial charge on any atom is -0.394 e. The monoisotopic (exact) mass is 146 g/mol. The third-order valence-electron chi connectivity index (χ3n) is 1.92. The molecule has 2 fully saturated rings. The topological polar surface area (TPSA) is 51.2 Å². The van der Waals surface area contributed by atoms with E-state index >= 15 is 0 Å². The van der Waals surface area contributed by atoms with Gasteiger partial charge < -0.3 is 19.3 Å². The first kappa shape index (κ1) is 6.54. The summed E-state index contributed by atoms with van der Waals surface area (Å²) in [6.45, 7) is 0.0149. The zero-order chi connectivity index (χ0) is 7.14. The average Bonchev–Trinajstić information content (AvgIpc) is 2.67. The molecule has 2 aliphatic heterocycles. The Bertz CT molecular complexity index is 124. The molecule has 0 bridgehead atoms. The highest BCUT2D eigenvalue weighted by molar-refractivity contribution is 4.99. The van der Waals surface area contributed by atoms with Gasteiger partial charge in [0.25, 0.3) is 0 Å². The molecule has 2 rings (SSSR count). The van der Waals surface area contributed by atoms with Crippen LogP contribution in [0.4, 0.5) is 0 Å². The van der Waals surface area contributed by atoms with Gasteiger partial charge in [0.05, 0.1) is 6.61 Å². The van der Waals surface area contributed by atoms with E-state index in [9.17, 15) is 0 Å². The van der Waals surface area contributed by atoms with E-state index in [4.69, 9.17) is 19.3 Å². The molecule has 58 valence electrons. The lowest BCUT2D eigenvalue weighted by Crippen LogP contribution is -2.23. The number of ether oxygens (including phenoxy) is 3. The normalized spacial score (nSPS) is 51.0. The van der Waals surface area contributed by atoms with Gasteiger partial charge in [0.2, 0.25) is 0 Å². The Kier molecular flexibility index (Phi) is 1.42. The molecule has 1 N–H and O–H groups in total. The molecule has 0 unspecified atom stereocenters. The highest BCUT2D eigenvalue weighted by atomic mass is 16.8. The Labute approximate surface area is 58.7 Å². The number of rotatable bonds is 2. The summed E-state index contributed by atoms with van der Waals surface area (Å²) in [5.74, 6) is 0. The zero-order valence-electron chi connectivity index (χ0n) is 5.69. The van der Waals surface area contributed by atoms with Crippen molar-refractivity contribution >= 4 is 0 Å². The van der Waals surface area contributed by atoms with Crippen molar-refractivity contribution in [1.82, 2.24) is 0 Å². The van der Waals surface area contributed by atoms with Crippen LogP contribution in [-0.2, 0) is 14.2 Å². The van der Waals surface area contributed by atoms with Gasteiger partial charge in [-0.15, -0.1) is 0 Å². The second-order valence-corrected chi connectivity index (χ2v) is 2.53. The first-order valence-corrected chi connectivity index (χ1v) is 3.31. The van der Waals surface area contributed by atoms with Crippen molar-refractivity contribution in [3.63, 3.8) is 0 Å². The van der Waals surface area contributed by atoms with Gasteiger partial charge in [0.1, 0.15) is 18.3 Å². The molecule has 10 heavy (non-hydrogen) atoms. The number of hydrogen-bond donors (Lipinski definition) is 1. The Morgan fingerprint density at radius 1 is 1.40 bits per heavy atom. The lowest BCUT2D eigenvalue weighted by Gasteiger charge is -2.13. The van der Waals surface area contributed by atoms with Gasteiger partial charge in [-0.1, -0.05) is 0 Å². The molecular weight excluding hydrogens is 136 g/mol. The van der Waals surface area contributed by atoms with Crippen LogP contribution in [0.2, 0.25) is 0 Å². The molecule has 2 saturated heterocycles. The summed E-state index contributed by atoms with van der Waals surface area (Å²) in [6, 6.07) is 0. The van der Waals surface area contributed by atoms with Crippen LogP contribution in [0.15, 0.2) is 0 Å². The van der Waals surface area contributed by atoms with Crippen molar-refractivity contribution in [1.29, 1.82) is 0 Å². The summed E-state index contributed by atoms with van der Waals surface area (Å²) in [5.41, 5.74) is 0. The number of fused-ring (bicyclic) bond motifs is 1. The fourth-order valence-corrected chi connectivity index (χ4v) is 1.32. The highest BCUT2D eigenvalue weighted by Gasteiger charge is 2.58. The van der Waals surface area contributed by atoms with Gasteiger partial charge in [0.15, 0.2) is 6.29 Å². The van der Waals surface area contributed by atoms with Crippen LogP contribution >= 0.6 is 0 Å².